The summed E-state index contributed by atoms with van der Waals surface area (Å²) in [7, 11) is -3.80. The number of hydrogen-bond acceptors (Lipinski definition) is 16. The number of imide groups is 1. The number of thioether (sulfide) groups is 1. The number of piperazine rings is 2. The van der Waals surface area contributed by atoms with Crippen molar-refractivity contribution in [3.8, 4) is 0 Å². The first-order valence-corrected chi connectivity index (χ1v) is 34.0. The number of ether oxygens (including phenoxy) is 2. The summed E-state index contributed by atoms with van der Waals surface area (Å²) in [6, 6.07) is 26.9. The number of hydrogen-bond donors (Lipinski definition) is 4. The highest BCUT2D eigenvalue weighted by atomic mass is 35.5. The highest BCUT2D eigenvalue weighted by Gasteiger charge is 2.45. The summed E-state index contributed by atoms with van der Waals surface area (Å²) in [6.45, 7) is 12.0. The van der Waals surface area contributed by atoms with E-state index in [2.05, 4.69) is 87.5 Å². The van der Waals surface area contributed by atoms with Crippen LogP contribution in [-0.2, 0) is 44.9 Å². The van der Waals surface area contributed by atoms with E-state index >= 15 is 0 Å². The Morgan fingerprint density at radius 2 is 1.66 bits per heavy atom. The summed E-state index contributed by atoms with van der Waals surface area (Å²) in [5, 5.41) is 17.8. The van der Waals surface area contributed by atoms with Gasteiger partial charge in [-0.2, -0.15) is 13.2 Å². The van der Waals surface area contributed by atoms with Crippen LogP contribution in [0.4, 0.5) is 24.5 Å². The maximum absolute atomic E-state index is 14.8. The van der Waals surface area contributed by atoms with Crippen molar-refractivity contribution in [2.24, 2.45) is 5.92 Å². The largest absolute Gasteiger partial charge is 0.450 e. The number of carbonyl (C=O) groups is 4. The van der Waals surface area contributed by atoms with E-state index < -0.39 is 45.7 Å². The Bertz CT molecular complexity index is 3560. The molecule has 0 radical (unpaired) electrons. The van der Waals surface area contributed by atoms with Gasteiger partial charge < -0.3 is 34.6 Å². The number of aliphatic hydroxyl groups is 1. The molecule has 2 aliphatic carbocycles. The third kappa shape index (κ3) is 16.1. The molecule has 5 heterocycles. The number of halogens is 4. The van der Waals surface area contributed by atoms with Crippen LogP contribution in [0, 0.1) is 5.92 Å². The number of anilines is 2. The highest BCUT2D eigenvalue weighted by Crippen LogP contribution is 2.42. The van der Waals surface area contributed by atoms with Gasteiger partial charge in [-0.1, -0.05) is 59.3 Å². The molecule has 3 amide bonds. The van der Waals surface area contributed by atoms with Gasteiger partial charge in [0.2, 0.25) is 17.9 Å². The van der Waals surface area contributed by atoms with Crippen molar-refractivity contribution in [1.82, 2.24) is 34.5 Å². The monoisotopic (exact) mass is 1290 g/mol. The molecule has 7 aliphatic rings. The van der Waals surface area contributed by atoms with E-state index in [1.807, 2.05) is 42.5 Å². The van der Waals surface area contributed by atoms with Crippen LogP contribution in [0.15, 0.2) is 141 Å². The van der Waals surface area contributed by atoms with E-state index in [-0.39, 0.29) is 46.9 Å². The van der Waals surface area contributed by atoms with Crippen LogP contribution >= 0.6 is 23.4 Å². The normalized spacial score (nSPS) is 22.8. The van der Waals surface area contributed by atoms with Gasteiger partial charge in [0, 0.05) is 149 Å². The Labute approximate surface area is 533 Å². The molecule has 0 spiro atoms. The van der Waals surface area contributed by atoms with Gasteiger partial charge in [-0.05, 0) is 139 Å². The lowest BCUT2D eigenvalue weighted by Gasteiger charge is -2.40. The minimum atomic E-state index is -5.05. The van der Waals surface area contributed by atoms with Crippen molar-refractivity contribution in [3.63, 3.8) is 0 Å². The molecule has 0 aromatic heterocycles. The van der Waals surface area contributed by atoms with Crippen molar-refractivity contribution in [1.29, 1.82) is 0 Å². The van der Waals surface area contributed by atoms with Gasteiger partial charge >= 0.3 is 6.18 Å². The average molecular weight is 1290 g/mol. The molecular formula is C67H77ClF3N9O8S2. The quantitative estimate of drug-likeness (QED) is 0.0194. The van der Waals surface area contributed by atoms with E-state index in [0.717, 1.165) is 125 Å². The first-order valence-electron chi connectivity index (χ1n) is 30.9. The van der Waals surface area contributed by atoms with Crippen molar-refractivity contribution >= 4 is 80.1 Å². The Morgan fingerprint density at radius 1 is 0.889 bits per heavy atom. The fourth-order valence-corrected chi connectivity index (χ4v) is 15.5. The second kappa shape index (κ2) is 29.3. The third-order valence-corrected chi connectivity index (χ3v) is 21.1. The number of fused-ring (bicyclic) bond motifs is 1. The zero-order valence-corrected chi connectivity index (χ0v) is 52.7. The SMILES string of the molecule is C=S(=O)(NC(=O)C1=C=C=C(N2CCN(CC3=C(c4ccc(Cl)cc4)CC[C@@H](CN4CCN(c5ccc6c(c5)C(O)N(C5CCC(=O)NC5=O)C6)CC4)C3)CC2)C=C1)c1ccc(N[C@H](CCN2CCCOCC2)CSc2ccccc2)c(C(OC=O)C(F)(F)F)c1. The van der Waals surface area contributed by atoms with E-state index in [0.29, 0.717) is 68.9 Å². The van der Waals surface area contributed by atoms with Crippen LogP contribution in [0.25, 0.3) is 5.57 Å². The smallest absolute Gasteiger partial charge is 0.429 e. The highest BCUT2D eigenvalue weighted by molar-refractivity contribution is 7.99. The molecule has 4 unspecified atom stereocenters. The first kappa shape index (κ1) is 64.9. The summed E-state index contributed by atoms with van der Waals surface area (Å²) in [5.41, 5.74) is 13.2. The molecule has 6 atom stereocenters. The Hall–Kier alpha value is -6.65. The molecule has 90 heavy (non-hydrogen) atoms. The van der Waals surface area contributed by atoms with Crippen molar-refractivity contribution in [2.75, 3.05) is 114 Å². The molecule has 4 N–H and O–H groups in total. The number of nitrogens with one attached hydrogen (secondary N) is 3. The molecule has 11 rings (SSSR count). The lowest BCUT2D eigenvalue weighted by atomic mass is 9.80. The predicted molar refractivity (Wildman–Crippen MR) is 344 cm³/mol. The zero-order chi connectivity index (χ0) is 62.9. The summed E-state index contributed by atoms with van der Waals surface area (Å²) in [4.78, 5) is 64.3. The lowest BCUT2D eigenvalue weighted by Crippen LogP contribution is -2.51. The first-order chi connectivity index (χ1) is 43.4. The van der Waals surface area contributed by atoms with Gasteiger partial charge in [-0.3, -0.25) is 43.9 Å². The van der Waals surface area contributed by atoms with Crippen molar-refractivity contribution < 1.29 is 51.1 Å². The van der Waals surface area contributed by atoms with Crippen molar-refractivity contribution in [2.45, 2.75) is 91.9 Å². The van der Waals surface area contributed by atoms with Gasteiger partial charge in [-0.15, -0.1) is 11.8 Å². The van der Waals surface area contributed by atoms with Crippen LogP contribution in [0.2, 0.25) is 5.02 Å². The molecule has 4 aromatic rings. The molecule has 5 aliphatic heterocycles. The molecule has 23 heteroatoms. The van der Waals surface area contributed by atoms with Crippen LogP contribution in [0.1, 0.15) is 79.5 Å². The number of carbonyl (C=O) groups excluding carboxylic acids is 4. The molecule has 4 aromatic carbocycles. The predicted octanol–water partition coefficient (Wildman–Crippen LogP) is 8.35. The summed E-state index contributed by atoms with van der Waals surface area (Å²) in [5.74, 6) is 3.32. The summed E-state index contributed by atoms with van der Waals surface area (Å²) in [6.07, 6.45) is -0.265. The number of benzene rings is 4. The number of rotatable bonds is 22. The molecule has 4 saturated heterocycles. The molecule has 0 saturated carbocycles. The van der Waals surface area contributed by atoms with E-state index in [4.69, 9.17) is 21.1 Å². The van der Waals surface area contributed by atoms with Crippen LogP contribution < -0.4 is 20.3 Å². The number of amides is 3. The number of alkyl halides is 3. The van der Waals surface area contributed by atoms with Crippen LogP contribution in [0.3, 0.4) is 0 Å². The summed E-state index contributed by atoms with van der Waals surface area (Å²) >= 11 is 7.92. The number of allylic oxidation sites excluding steroid dienone is 2. The Morgan fingerprint density at radius 3 is 2.39 bits per heavy atom. The van der Waals surface area contributed by atoms with Gasteiger partial charge in [0.05, 0.1) is 38.5 Å². The second-order valence-corrected chi connectivity index (χ2v) is 27.7. The topological polar surface area (TPSA) is 180 Å². The van der Waals surface area contributed by atoms with E-state index in [1.165, 1.54) is 28.8 Å². The van der Waals surface area contributed by atoms with Crippen LogP contribution in [-0.4, -0.2) is 186 Å². The molecule has 4 fully saturated rings. The van der Waals surface area contributed by atoms with Gasteiger partial charge in [0.15, 0.2) is 0 Å². The van der Waals surface area contributed by atoms with Gasteiger partial charge in [-0.25, -0.2) is 4.21 Å². The maximum Gasteiger partial charge on any atom is 0.429 e. The minimum absolute atomic E-state index is 0.0104. The van der Waals surface area contributed by atoms with Crippen molar-refractivity contribution in [3.05, 3.63) is 159 Å². The number of nitrogens with zero attached hydrogens (tertiary/aromatic N) is 6. The Balaban J connectivity index is 0.710. The van der Waals surface area contributed by atoms with Gasteiger partial charge in [0.1, 0.15) is 6.23 Å². The minimum Gasteiger partial charge on any atom is -0.450 e. The third-order valence-electron chi connectivity index (χ3n) is 18.1. The lowest BCUT2D eigenvalue weighted by molar-refractivity contribution is -0.217. The average Bonchev–Trinajstić information content (AvgIpc) is 1.55. The van der Waals surface area contributed by atoms with E-state index in [1.54, 1.807) is 28.8 Å². The molecular weight excluding hydrogens is 1220 g/mol. The number of aliphatic hydroxyl groups excluding tert-OH is 1. The maximum atomic E-state index is 14.8. The molecule has 0 bridgehead atoms. The van der Waals surface area contributed by atoms with Gasteiger partial charge in [0.25, 0.3) is 12.4 Å². The summed E-state index contributed by atoms with van der Waals surface area (Å²) < 4.78 is 71.6. The number of piperidine rings is 1. The zero-order valence-electron chi connectivity index (χ0n) is 50.3. The second-order valence-electron chi connectivity index (χ2n) is 24.1. The Kier molecular flexibility index (Phi) is 21.1. The molecule has 478 valence electrons. The fourth-order valence-electron chi connectivity index (χ4n) is 13.2. The fraction of sp³-hybridized carbons (Fsp3) is 0.448. The van der Waals surface area contributed by atoms with Crippen LogP contribution in [0.5, 0.6) is 0 Å². The van der Waals surface area contributed by atoms with E-state index in [9.17, 15) is 41.7 Å². The molecule has 17 nitrogen and oxygen atoms in total. The standard InChI is InChI=1S/C67H77ClF3N9O8S2/c1-90(86,56-19-21-60(59(40-56)63(88-45-81)67(69,70)71)72-52(44-89-55-6-3-2-4-7-55)24-26-75-25-5-36-87-37-35-75)74-64(83)48-11-16-53(17-12-48)78-31-29-77(30-32-78)42-50-38-46(8-20-57(50)47-9-14-51(68)15-10-47)41-76-27-33-79(34-28-76)54-18-13-49-43-80(66(85)58(49)39-54)61-22-23-62(82)73-65(61)84/h2-4,6-7,9-11,13-16,18-19,21,39-40,45-46,52,61,63,66,72,85H,1,5,8,20,22-38,41-44H2,(H,73,82,84)(H,74,83,86)/t46-,52-,61?,63?,66?,90?/m1/s1.